The first kappa shape index (κ1) is 19.9. The van der Waals surface area contributed by atoms with Gasteiger partial charge in [0.15, 0.2) is 5.16 Å². The molecular weight excluding hydrogens is 386 g/mol. The monoisotopic (exact) mass is 413 g/mol. The number of rotatable bonds is 6. The lowest BCUT2D eigenvalue weighted by molar-refractivity contribution is -0.119. The highest BCUT2D eigenvalue weighted by molar-refractivity contribution is 8.00. The van der Waals surface area contributed by atoms with Crippen molar-refractivity contribution < 1.29 is 9.59 Å². The predicted octanol–water partition coefficient (Wildman–Crippen LogP) is 3.78. The molecule has 4 rings (SSSR count). The van der Waals surface area contributed by atoms with E-state index in [1.807, 2.05) is 34.9 Å². The lowest BCUT2D eigenvalue weighted by Gasteiger charge is -2.23. The van der Waals surface area contributed by atoms with Gasteiger partial charge in [-0.2, -0.15) is 0 Å². The second-order valence-electron chi connectivity index (χ2n) is 7.84. The van der Waals surface area contributed by atoms with Crippen molar-refractivity contribution in [1.82, 2.24) is 25.4 Å². The van der Waals surface area contributed by atoms with Crippen molar-refractivity contribution in [3.63, 3.8) is 0 Å². The van der Waals surface area contributed by atoms with Gasteiger partial charge in [-0.25, -0.2) is 4.79 Å². The van der Waals surface area contributed by atoms with Gasteiger partial charge >= 0.3 is 6.03 Å². The fraction of sp³-hybridized carbons (Fsp3) is 0.524. The Bertz CT molecular complexity index is 859. The third-order valence-corrected chi connectivity index (χ3v) is 6.49. The molecule has 29 heavy (non-hydrogen) atoms. The van der Waals surface area contributed by atoms with Crippen molar-refractivity contribution in [3.8, 4) is 5.69 Å². The van der Waals surface area contributed by atoms with E-state index in [1.165, 1.54) is 18.2 Å². The van der Waals surface area contributed by atoms with E-state index in [4.69, 9.17) is 0 Å². The number of amides is 3. The van der Waals surface area contributed by atoms with E-state index >= 15 is 0 Å². The lowest BCUT2D eigenvalue weighted by atomic mass is 9.96. The van der Waals surface area contributed by atoms with Crippen LogP contribution in [0.4, 0.5) is 4.79 Å². The summed E-state index contributed by atoms with van der Waals surface area (Å²) in [6.07, 6.45) is 7.68. The van der Waals surface area contributed by atoms with Crippen LogP contribution in [0.5, 0.6) is 0 Å². The fourth-order valence-electron chi connectivity index (χ4n) is 3.68. The standard InChI is InChI=1S/C21H27N5O2S/c1-14(19(27)23-20(28)22-16-8-4-2-5-9-16)29-21-25-24-18(15-12-13-15)26(21)17-10-6-3-7-11-17/h3,6-7,10-11,14-16H,2,4-5,8-9,12-13H2,1H3,(H2,22,23,27,28). The number of hydrogen-bond acceptors (Lipinski definition) is 5. The number of urea groups is 1. The summed E-state index contributed by atoms with van der Waals surface area (Å²) in [5.74, 6) is 1.06. The largest absolute Gasteiger partial charge is 0.335 e. The molecule has 1 aromatic heterocycles. The quantitative estimate of drug-likeness (QED) is 0.704. The fourth-order valence-corrected chi connectivity index (χ4v) is 4.55. The van der Waals surface area contributed by atoms with Crippen LogP contribution in [0.25, 0.3) is 5.69 Å². The van der Waals surface area contributed by atoms with Gasteiger partial charge in [0, 0.05) is 17.6 Å². The van der Waals surface area contributed by atoms with Crippen molar-refractivity contribution in [2.24, 2.45) is 0 Å². The Hall–Kier alpha value is -2.35. The molecule has 154 valence electrons. The van der Waals surface area contributed by atoms with Crippen molar-refractivity contribution in [2.45, 2.75) is 74.2 Å². The maximum atomic E-state index is 12.6. The molecule has 0 bridgehead atoms. The summed E-state index contributed by atoms with van der Waals surface area (Å²) in [6.45, 7) is 1.79. The molecule has 2 aliphatic rings. The molecule has 3 amide bonds. The molecule has 0 radical (unpaired) electrons. The van der Waals surface area contributed by atoms with Crippen LogP contribution in [0, 0.1) is 0 Å². The van der Waals surface area contributed by atoms with Gasteiger partial charge in [-0.05, 0) is 44.7 Å². The van der Waals surface area contributed by atoms with Gasteiger partial charge in [0.1, 0.15) is 5.82 Å². The molecule has 1 aromatic carbocycles. The van der Waals surface area contributed by atoms with Crippen LogP contribution >= 0.6 is 11.8 Å². The van der Waals surface area contributed by atoms with Crippen LogP contribution in [0.2, 0.25) is 0 Å². The minimum Gasteiger partial charge on any atom is -0.335 e. The van der Waals surface area contributed by atoms with Crippen molar-refractivity contribution in [1.29, 1.82) is 0 Å². The Morgan fingerprint density at radius 2 is 1.79 bits per heavy atom. The molecule has 2 fully saturated rings. The van der Waals surface area contributed by atoms with Crippen LogP contribution in [-0.4, -0.2) is 38.0 Å². The molecule has 0 spiro atoms. The van der Waals surface area contributed by atoms with Gasteiger partial charge < -0.3 is 5.32 Å². The first-order valence-electron chi connectivity index (χ1n) is 10.4. The molecule has 1 heterocycles. The molecule has 2 N–H and O–H groups in total. The van der Waals surface area contributed by atoms with Crippen LogP contribution in [-0.2, 0) is 4.79 Å². The summed E-state index contributed by atoms with van der Waals surface area (Å²) in [4.78, 5) is 24.7. The smallest absolute Gasteiger partial charge is 0.321 e. The van der Waals surface area contributed by atoms with Crippen LogP contribution in [0.15, 0.2) is 35.5 Å². The third kappa shape index (κ3) is 4.98. The van der Waals surface area contributed by atoms with Crippen LogP contribution in [0.3, 0.4) is 0 Å². The zero-order valence-electron chi connectivity index (χ0n) is 16.6. The molecule has 2 saturated carbocycles. The highest BCUT2D eigenvalue weighted by atomic mass is 32.2. The number of benzene rings is 1. The number of carbonyl (C=O) groups excluding carboxylic acids is 2. The molecule has 2 aliphatic carbocycles. The minimum atomic E-state index is -0.467. The molecule has 0 aliphatic heterocycles. The molecular formula is C21H27N5O2S. The van der Waals surface area contributed by atoms with E-state index < -0.39 is 11.3 Å². The van der Waals surface area contributed by atoms with E-state index in [9.17, 15) is 9.59 Å². The van der Waals surface area contributed by atoms with Gasteiger partial charge in [0.25, 0.3) is 0 Å². The van der Waals surface area contributed by atoms with Crippen molar-refractivity contribution in [3.05, 3.63) is 36.2 Å². The number of carbonyl (C=O) groups is 2. The number of nitrogens with zero attached hydrogens (tertiary/aromatic N) is 3. The summed E-state index contributed by atoms with van der Waals surface area (Å²) in [6, 6.07) is 9.72. The minimum absolute atomic E-state index is 0.168. The lowest BCUT2D eigenvalue weighted by Crippen LogP contribution is -2.47. The van der Waals surface area contributed by atoms with Crippen molar-refractivity contribution in [2.75, 3.05) is 0 Å². The normalized spacial score (nSPS) is 18.2. The number of para-hydroxylation sites is 1. The Morgan fingerprint density at radius 3 is 2.48 bits per heavy atom. The number of imide groups is 1. The van der Waals surface area contributed by atoms with Gasteiger partial charge in [0.2, 0.25) is 5.91 Å². The topological polar surface area (TPSA) is 88.9 Å². The van der Waals surface area contributed by atoms with E-state index in [-0.39, 0.29) is 11.9 Å². The van der Waals surface area contributed by atoms with Crippen LogP contribution < -0.4 is 10.6 Å². The Balaban J connectivity index is 1.41. The molecule has 1 unspecified atom stereocenters. The highest BCUT2D eigenvalue weighted by Crippen LogP contribution is 2.41. The maximum Gasteiger partial charge on any atom is 0.321 e. The number of thioether (sulfide) groups is 1. The Kier molecular flexibility index (Phi) is 6.18. The van der Waals surface area contributed by atoms with Gasteiger partial charge in [0.05, 0.1) is 5.25 Å². The Morgan fingerprint density at radius 1 is 1.07 bits per heavy atom. The summed E-state index contributed by atoms with van der Waals surface area (Å²) in [5.41, 5.74) is 0.990. The highest BCUT2D eigenvalue weighted by Gasteiger charge is 2.32. The second-order valence-corrected chi connectivity index (χ2v) is 9.15. The van der Waals surface area contributed by atoms with E-state index in [2.05, 4.69) is 20.8 Å². The number of aromatic nitrogens is 3. The zero-order chi connectivity index (χ0) is 20.2. The van der Waals surface area contributed by atoms with Gasteiger partial charge in [-0.1, -0.05) is 49.2 Å². The summed E-state index contributed by atoms with van der Waals surface area (Å²) >= 11 is 1.32. The first-order valence-corrected chi connectivity index (χ1v) is 11.3. The molecule has 1 atom stereocenters. The summed E-state index contributed by atoms with van der Waals surface area (Å²) in [7, 11) is 0. The average molecular weight is 414 g/mol. The van der Waals surface area contributed by atoms with E-state index in [0.29, 0.717) is 11.1 Å². The zero-order valence-corrected chi connectivity index (χ0v) is 17.5. The number of hydrogen-bond donors (Lipinski definition) is 2. The van der Waals surface area contributed by atoms with Gasteiger partial charge in [-0.15, -0.1) is 10.2 Å². The van der Waals surface area contributed by atoms with E-state index in [0.717, 1.165) is 50.0 Å². The molecule has 7 nitrogen and oxygen atoms in total. The SMILES string of the molecule is CC(Sc1nnc(C2CC2)n1-c1ccccc1)C(=O)NC(=O)NC1CCCCC1. The van der Waals surface area contributed by atoms with Crippen LogP contribution in [0.1, 0.15) is 63.6 Å². The van der Waals surface area contributed by atoms with E-state index in [1.54, 1.807) is 6.92 Å². The third-order valence-electron chi connectivity index (χ3n) is 5.44. The second kappa shape index (κ2) is 8.98. The van der Waals surface area contributed by atoms with Crippen molar-refractivity contribution >= 4 is 23.7 Å². The molecule has 0 saturated heterocycles. The maximum absolute atomic E-state index is 12.6. The predicted molar refractivity (Wildman–Crippen MR) is 112 cm³/mol. The summed E-state index contributed by atoms with van der Waals surface area (Å²) in [5, 5.41) is 14.3. The number of nitrogens with one attached hydrogen (secondary N) is 2. The van der Waals surface area contributed by atoms with Gasteiger partial charge in [-0.3, -0.25) is 14.7 Å². The first-order chi connectivity index (χ1) is 14.1. The molecule has 8 heteroatoms. The average Bonchev–Trinajstić information content (AvgIpc) is 3.49. The summed E-state index contributed by atoms with van der Waals surface area (Å²) < 4.78 is 2.04. The molecule has 2 aromatic rings. The Labute approximate surface area is 175 Å².